The van der Waals surface area contributed by atoms with Crippen molar-refractivity contribution in [1.29, 1.82) is 0 Å². The summed E-state index contributed by atoms with van der Waals surface area (Å²) >= 11 is 0. The summed E-state index contributed by atoms with van der Waals surface area (Å²) in [5.74, 6) is 0.607. The smallest absolute Gasteiger partial charge is 0.142 e. The maximum absolute atomic E-state index is 9.94. The Hall–Kier alpha value is -1.26. The van der Waals surface area contributed by atoms with Gasteiger partial charge in [-0.1, -0.05) is 26.0 Å². The second kappa shape index (κ2) is 7.14. The fraction of sp³-hybridized carbons (Fsp3) is 0.647. The van der Waals surface area contributed by atoms with E-state index in [4.69, 9.17) is 15.2 Å². The van der Waals surface area contributed by atoms with Gasteiger partial charge in [0.25, 0.3) is 0 Å². The molecule has 21 heavy (non-hydrogen) atoms. The van der Waals surface area contributed by atoms with Gasteiger partial charge in [0.15, 0.2) is 0 Å². The predicted octanol–water partition coefficient (Wildman–Crippen LogP) is 2.99. The van der Waals surface area contributed by atoms with Crippen molar-refractivity contribution < 1.29 is 14.6 Å². The second-order valence-corrected chi connectivity index (χ2v) is 6.70. The highest BCUT2D eigenvalue weighted by molar-refractivity contribution is 5.51. The molecule has 118 valence electrons. The normalized spacial score (nSPS) is 20.1. The van der Waals surface area contributed by atoms with Crippen LogP contribution in [-0.4, -0.2) is 30.5 Å². The molecule has 0 saturated heterocycles. The molecular weight excluding hydrogens is 266 g/mol. The highest BCUT2D eigenvalue weighted by Gasteiger charge is 2.27. The first kappa shape index (κ1) is 16.1. The van der Waals surface area contributed by atoms with Crippen molar-refractivity contribution in [3.63, 3.8) is 0 Å². The molecular formula is C17H27NO3. The van der Waals surface area contributed by atoms with Gasteiger partial charge in [-0.05, 0) is 43.2 Å². The van der Waals surface area contributed by atoms with Gasteiger partial charge in [0.05, 0.1) is 18.4 Å². The van der Waals surface area contributed by atoms with Crippen molar-refractivity contribution in [3.8, 4) is 5.75 Å². The first-order valence-electron chi connectivity index (χ1n) is 7.73. The fourth-order valence-corrected chi connectivity index (χ4v) is 2.63. The van der Waals surface area contributed by atoms with Gasteiger partial charge in [0.1, 0.15) is 18.5 Å². The van der Waals surface area contributed by atoms with Crippen molar-refractivity contribution in [1.82, 2.24) is 0 Å². The summed E-state index contributed by atoms with van der Waals surface area (Å²) in [4.78, 5) is 0. The van der Waals surface area contributed by atoms with Crippen LogP contribution < -0.4 is 10.5 Å². The first-order valence-corrected chi connectivity index (χ1v) is 7.73. The third kappa shape index (κ3) is 5.21. The Balaban J connectivity index is 1.66. The summed E-state index contributed by atoms with van der Waals surface area (Å²) < 4.78 is 11.3. The molecule has 1 atom stereocenters. The molecule has 0 heterocycles. The van der Waals surface area contributed by atoms with Gasteiger partial charge in [0, 0.05) is 0 Å². The molecule has 1 fully saturated rings. The van der Waals surface area contributed by atoms with E-state index in [2.05, 4.69) is 13.8 Å². The quantitative estimate of drug-likeness (QED) is 0.791. The Morgan fingerprint density at radius 1 is 1.24 bits per heavy atom. The zero-order valence-electron chi connectivity index (χ0n) is 13.0. The summed E-state index contributed by atoms with van der Waals surface area (Å²) in [6.45, 7) is 5.12. The monoisotopic (exact) mass is 293 g/mol. The molecule has 4 heteroatoms. The maximum atomic E-state index is 9.94. The number of aliphatic hydroxyl groups excluding tert-OH is 1. The lowest BCUT2D eigenvalue weighted by Crippen LogP contribution is -2.31. The fourth-order valence-electron chi connectivity index (χ4n) is 2.63. The van der Waals surface area contributed by atoms with Crippen LogP contribution in [0.5, 0.6) is 5.75 Å². The highest BCUT2D eigenvalue weighted by Crippen LogP contribution is 2.36. The van der Waals surface area contributed by atoms with E-state index in [1.165, 1.54) is 12.8 Å². The average molecular weight is 293 g/mol. The summed E-state index contributed by atoms with van der Waals surface area (Å²) in [5.41, 5.74) is 6.81. The SMILES string of the molecule is CC1(C)CCC(OCC(O)COc2ccccc2N)CC1. The van der Waals surface area contributed by atoms with Crippen molar-refractivity contribution in [2.75, 3.05) is 18.9 Å². The van der Waals surface area contributed by atoms with Crippen molar-refractivity contribution in [3.05, 3.63) is 24.3 Å². The Labute approximate surface area is 127 Å². The second-order valence-electron chi connectivity index (χ2n) is 6.70. The summed E-state index contributed by atoms with van der Waals surface area (Å²) in [5, 5.41) is 9.94. The van der Waals surface area contributed by atoms with Crippen LogP contribution in [0, 0.1) is 5.41 Å². The van der Waals surface area contributed by atoms with Crippen LogP contribution >= 0.6 is 0 Å². The van der Waals surface area contributed by atoms with Crippen LogP contribution in [0.2, 0.25) is 0 Å². The summed E-state index contributed by atoms with van der Waals surface area (Å²) in [6.07, 6.45) is 4.17. The molecule has 0 aliphatic heterocycles. The van der Waals surface area contributed by atoms with Gasteiger partial charge in [-0.15, -0.1) is 0 Å². The van der Waals surface area contributed by atoms with Crippen molar-refractivity contribution in [2.24, 2.45) is 5.41 Å². The zero-order chi connectivity index (χ0) is 15.3. The molecule has 3 N–H and O–H groups in total. The van der Waals surface area contributed by atoms with Gasteiger partial charge in [0.2, 0.25) is 0 Å². The summed E-state index contributed by atoms with van der Waals surface area (Å²) in [7, 11) is 0. The van der Waals surface area contributed by atoms with Crippen LogP contribution in [0.1, 0.15) is 39.5 Å². The molecule has 2 rings (SSSR count). The number of para-hydroxylation sites is 2. The van der Waals surface area contributed by atoms with E-state index in [0.717, 1.165) is 12.8 Å². The van der Waals surface area contributed by atoms with Crippen molar-refractivity contribution in [2.45, 2.75) is 51.7 Å². The molecule has 1 aromatic carbocycles. The molecule has 1 saturated carbocycles. The van der Waals surface area contributed by atoms with Gasteiger partial charge in [-0.3, -0.25) is 0 Å². The van der Waals surface area contributed by atoms with E-state index in [-0.39, 0.29) is 12.7 Å². The molecule has 1 aliphatic carbocycles. The summed E-state index contributed by atoms with van der Waals surface area (Å²) in [6, 6.07) is 7.29. The lowest BCUT2D eigenvalue weighted by Gasteiger charge is -2.34. The number of hydrogen-bond acceptors (Lipinski definition) is 4. The van der Waals surface area contributed by atoms with Crippen LogP contribution in [0.4, 0.5) is 5.69 Å². The van der Waals surface area contributed by atoms with E-state index in [0.29, 0.717) is 23.5 Å². The number of nitrogens with two attached hydrogens (primary N) is 1. The van der Waals surface area contributed by atoms with Crippen LogP contribution in [-0.2, 0) is 4.74 Å². The molecule has 0 amide bonds. The molecule has 1 aliphatic rings. The molecule has 0 aromatic heterocycles. The van der Waals surface area contributed by atoms with Crippen LogP contribution in [0.15, 0.2) is 24.3 Å². The van der Waals surface area contributed by atoms with Crippen LogP contribution in [0.3, 0.4) is 0 Å². The number of aliphatic hydroxyl groups is 1. The van der Waals surface area contributed by atoms with E-state index in [9.17, 15) is 5.11 Å². The van der Waals surface area contributed by atoms with Gasteiger partial charge < -0.3 is 20.3 Å². The highest BCUT2D eigenvalue weighted by atomic mass is 16.5. The Bertz CT molecular complexity index is 437. The average Bonchev–Trinajstić information content (AvgIpc) is 2.45. The standard InChI is InChI=1S/C17H27NO3/c1-17(2)9-7-14(8-10-17)20-11-13(19)12-21-16-6-4-3-5-15(16)18/h3-6,13-14,19H,7-12,18H2,1-2H3. The van der Waals surface area contributed by atoms with Gasteiger partial charge in [-0.25, -0.2) is 0 Å². The molecule has 4 nitrogen and oxygen atoms in total. The zero-order valence-corrected chi connectivity index (χ0v) is 13.0. The molecule has 0 spiro atoms. The van der Waals surface area contributed by atoms with Crippen LogP contribution in [0.25, 0.3) is 0 Å². The third-order valence-corrected chi connectivity index (χ3v) is 4.16. The topological polar surface area (TPSA) is 64.7 Å². The number of ether oxygens (including phenoxy) is 2. The van der Waals surface area contributed by atoms with Gasteiger partial charge >= 0.3 is 0 Å². The Morgan fingerprint density at radius 2 is 1.90 bits per heavy atom. The maximum Gasteiger partial charge on any atom is 0.142 e. The lowest BCUT2D eigenvalue weighted by atomic mass is 9.76. The third-order valence-electron chi connectivity index (χ3n) is 4.16. The van der Waals surface area contributed by atoms with E-state index >= 15 is 0 Å². The minimum absolute atomic E-state index is 0.201. The van der Waals surface area contributed by atoms with Crippen molar-refractivity contribution >= 4 is 5.69 Å². The Morgan fingerprint density at radius 3 is 2.57 bits per heavy atom. The molecule has 0 bridgehead atoms. The lowest BCUT2D eigenvalue weighted by molar-refractivity contribution is -0.0473. The number of nitrogen functional groups attached to an aromatic ring is 1. The van der Waals surface area contributed by atoms with E-state index in [1.807, 2.05) is 12.1 Å². The van der Waals surface area contributed by atoms with Gasteiger partial charge in [-0.2, -0.15) is 0 Å². The van der Waals surface area contributed by atoms with E-state index < -0.39 is 6.10 Å². The number of anilines is 1. The number of benzene rings is 1. The molecule has 1 unspecified atom stereocenters. The first-order chi connectivity index (χ1) is 9.96. The Kier molecular flexibility index (Phi) is 5.48. The molecule has 0 radical (unpaired) electrons. The minimum Gasteiger partial charge on any atom is -0.489 e. The number of rotatable bonds is 6. The predicted molar refractivity (Wildman–Crippen MR) is 84.3 cm³/mol. The van der Waals surface area contributed by atoms with E-state index in [1.54, 1.807) is 12.1 Å². The number of hydrogen-bond donors (Lipinski definition) is 2. The molecule has 1 aromatic rings. The minimum atomic E-state index is -0.625. The largest absolute Gasteiger partial charge is 0.489 e.